The Kier molecular flexibility index (Phi) is 4.25. The average molecular weight is 340 g/mol. The van der Waals surface area contributed by atoms with Crippen molar-refractivity contribution in [2.24, 2.45) is 0 Å². The Balaban J connectivity index is 2.29. The number of rotatable bonds is 2. The van der Waals surface area contributed by atoms with Crippen LogP contribution < -0.4 is 0 Å². The number of halogens is 1. The first-order chi connectivity index (χ1) is 8.01. The van der Waals surface area contributed by atoms with Crippen LogP contribution >= 0.6 is 27.3 Å². The molecule has 1 aromatic rings. The molecule has 0 radical (unpaired) electrons. The van der Waals surface area contributed by atoms with E-state index >= 15 is 0 Å². The summed E-state index contributed by atoms with van der Waals surface area (Å²) < 4.78 is 32.8. The summed E-state index contributed by atoms with van der Waals surface area (Å²) >= 11 is 4.52. The lowest BCUT2D eigenvalue weighted by Crippen LogP contribution is -2.35. The minimum Gasteiger partial charge on any atom is -0.377 e. The van der Waals surface area contributed by atoms with Gasteiger partial charge in [0.2, 0.25) is 0 Å². The minimum absolute atomic E-state index is 0.0500. The Bertz CT molecular complexity index is 485. The van der Waals surface area contributed by atoms with E-state index in [9.17, 15) is 8.42 Å². The van der Waals surface area contributed by atoms with Crippen LogP contribution in [0.1, 0.15) is 13.3 Å². The highest BCUT2D eigenvalue weighted by Crippen LogP contribution is 2.30. The van der Waals surface area contributed by atoms with Crippen molar-refractivity contribution in [1.82, 2.24) is 4.31 Å². The Labute approximate surface area is 114 Å². The third kappa shape index (κ3) is 2.90. The number of nitrogens with zero attached hydrogens (tertiary/aromatic N) is 1. The summed E-state index contributed by atoms with van der Waals surface area (Å²) in [7, 11) is -3.38. The molecule has 4 nitrogen and oxygen atoms in total. The topological polar surface area (TPSA) is 46.6 Å². The molecule has 1 aliphatic heterocycles. The van der Waals surface area contributed by atoms with Crippen LogP contribution in [-0.4, -0.2) is 38.5 Å². The lowest BCUT2D eigenvalue weighted by Gasteiger charge is -2.20. The van der Waals surface area contributed by atoms with E-state index in [1.807, 2.05) is 6.92 Å². The van der Waals surface area contributed by atoms with E-state index in [-0.39, 0.29) is 6.10 Å². The number of hydrogen-bond donors (Lipinski definition) is 0. The molecule has 0 N–H and O–H groups in total. The van der Waals surface area contributed by atoms with E-state index in [4.69, 9.17) is 4.74 Å². The van der Waals surface area contributed by atoms with Gasteiger partial charge in [0.25, 0.3) is 10.0 Å². The maximum Gasteiger partial charge on any atom is 0.253 e. The van der Waals surface area contributed by atoms with Gasteiger partial charge < -0.3 is 4.74 Å². The zero-order valence-electron chi connectivity index (χ0n) is 9.43. The third-order valence-electron chi connectivity index (χ3n) is 2.57. The van der Waals surface area contributed by atoms with Crippen LogP contribution in [0, 0.1) is 0 Å². The summed E-state index contributed by atoms with van der Waals surface area (Å²) in [5.41, 5.74) is 0. The second kappa shape index (κ2) is 5.36. The molecule has 1 aromatic heterocycles. The molecule has 0 saturated carbocycles. The smallest absolute Gasteiger partial charge is 0.253 e. The van der Waals surface area contributed by atoms with Crippen molar-refractivity contribution in [1.29, 1.82) is 0 Å². The highest BCUT2D eigenvalue weighted by Gasteiger charge is 2.30. The molecule has 0 amide bonds. The summed E-state index contributed by atoms with van der Waals surface area (Å²) in [5.74, 6) is 0. The van der Waals surface area contributed by atoms with Crippen molar-refractivity contribution in [3.63, 3.8) is 0 Å². The fraction of sp³-hybridized carbons (Fsp3) is 0.600. The maximum atomic E-state index is 12.4. The van der Waals surface area contributed by atoms with Crippen molar-refractivity contribution < 1.29 is 13.2 Å². The molecular weight excluding hydrogens is 326 g/mol. The van der Waals surface area contributed by atoms with Crippen LogP contribution in [0.25, 0.3) is 0 Å². The molecule has 0 aliphatic carbocycles. The van der Waals surface area contributed by atoms with E-state index in [1.165, 1.54) is 15.6 Å². The number of ether oxygens (including phenoxy) is 1. The predicted molar refractivity (Wildman–Crippen MR) is 70.8 cm³/mol. The Morgan fingerprint density at radius 1 is 1.59 bits per heavy atom. The fourth-order valence-electron chi connectivity index (χ4n) is 1.76. The molecule has 2 rings (SSSR count). The van der Waals surface area contributed by atoms with Crippen LogP contribution in [0.15, 0.2) is 20.1 Å². The van der Waals surface area contributed by atoms with E-state index < -0.39 is 10.0 Å². The van der Waals surface area contributed by atoms with Crippen LogP contribution in [0.4, 0.5) is 0 Å². The van der Waals surface area contributed by atoms with E-state index in [2.05, 4.69) is 15.9 Å². The fourth-order valence-corrected chi connectivity index (χ4v) is 5.76. The van der Waals surface area contributed by atoms with Crippen molar-refractivity contribution >= 4 is 37.3 Å². The summed E-state index contributed by atoms with van der Waals surface area (Å²) in [6, 6.07) is 1.76. The average Bonchev–Trinajstić information content (AvgIpc) is 2.57. The Morgan fingerprint density at radius 2 is 2.35 bits per heavy atom. The number of sulfonamides is 1. The SMILES string of the molecule is CC1CN(S(=O)(=O)c2sccc2Br)CCCO1. The molecule has 1 atom stereocenters. The quantitative estimate of drug-likeness (QED) is 0.830. The van der Waals surface area contributed by atoms with Crippen LogP contribution in [0.3, 0.4) is 0 Å². The molecule has 0 spiro atoms. The zero-order valence-corrected chi connectivity index (χ0v) is 12.6. The second-order valence-corrected chi connectivity index (χ2v) is 7.86. The standard InChI is InChI=1S/C10H14BrNO3S2/c1-8-7-12(4-2-5-15-8)17(13,14)10-9(11)3-6-16-10/h3,6,8H,2,4-5,7H2,1H3. The van der Waals surface area contributed by atoms with Gasteiger partial charge in [-0.3, -0.25) is 0 Å². The monoisotopic (exact) mass is 339 g/mol. The zero-order chi connectivity index (χ0) is 12.5. The Hall–Kier alpha value is 0.0500. The molecule has 1 aliphatic rings. The maximum absolute atomic E-state index is 12.4. The largest absolute Gasteiger partial charge is 0.377 e. The molecule has 17 heavy (non-hydrogen) atoms. The number of hydrogen-bond acceptors (Lipinski definition) is 4. The van der Waals surface area contributed by atoms with Gasteiger partial charge in [-0.25, -0.2) is 8.42 Å². The molecule has 2 heterocycles. The Morgan fingerprint density at radius 3 is 3.00 bits per heavy atom. The minimum atomic E-state index is -3.38. The second-order valence-electron chi connectivity index (χ2n) is 3.95. The molecule has 1 unspecified atom stereocenters. The van der Waals surface area contributed by atoms with Gasteiger partial charge in [-0.05, 0) is 40.7 Å². The van der Waals surface area contributed by atoms with Gasteiger partial charge in [-0.15, -0.1) is 11.3 Å². The third-order valence-corrected chi connectivity index (χ3v) is 7.09. The van der Waals surface area contributed by atoms with Crippen molar-refractivity contribution in [3.05, 3.63) is 15.9 Å². The molecule has 1 saturated heterocycles. The molecule has 1 fully saturated rings. The van der Waals surface area contributed by atoms with Crippen molar-refractivity contribution in [2.75, 3.05) is 19.7 Å². The predicted octanol–water partition coefficient (Wildman–Crippen LogP) is 2.31. The summed E-state index contributed by atoms with van der Waals surface area (Å²) in [6.07, 6.45) is 0.693. The van der Waals surface area contributed by atoms with E-state index in [0.29, 0.717) is 28.4 Å². The van der Waals surface area contributed by atoms with Gasteiger partial charge >= 0.3 is 0 Å². The van der Waals surface area contributed by atoms with Crippen LogP contribution in [0.5, 0.6) is 0 Å². The summed E-state index contributed by atoms with van der Waals surface area (Å²) in [4.78, 5) is 0. The van der Waals surface area contributed by atoms with Gasteiger partial charge in [-0.1, -0.05) is 0 Å². The first-order valence-electron chi connectivity index (χ1n) is 5.36. The summed E-state index contributed by atoms with van der Waals surface area (Å²) in [5, 5.41) is 1.77. The van der Waals surface area contributed by atoms with Gasteiger partial charge in [0.05, 0.1) is 6.10 Å². The number of thiophene rings is 1. The van der Waals surface area contributed by atoms with Crippen LogP contribution in [-0.2, 0) is 14.8 Å². The van der Waals surface area contributed by atoms with Crippen molar-refractivity contribution in [3.8, 4) is 0 Å². The molecule has 96 valence electrons. The van der Waals surface area contributed by atoms with Gasteiger partial charge in [0, 0.05) is 24.2 Å². The summed E-state index contributed by atoms with van der Waals surface area (Å²) in [6.45, 7) is 3.47. The molecule has 0 aromatic carbocycles. The lowest BCUT2D eigenvalue weighted by atomic mass is 10.4. The lowest BCUT2D eigenvalue weighted by molar-refractivity contribution is 0.0752. The van der Waals surface area contributed by atoms with Gasteiger partial charge in [0.1, 0.15) is 4.21 Å². The normalized spacial score (nSPS) is 23.5. The van der Waals surface area contributed by atoms with Gasteiger partial charge in [0.15, 0.2) is 0 Å². The first kappa shape index (κ1) is 13.5. The molecule has 7 heteroatoms. The van der Waals surface area contributed by atoms with E-state index in [0.717, 1.165) is 6.42 Å². The molecular formula is C10H14BrNO3S2. The first-order valence-corrected chi connectivity index (χ1v) is 8.48. The van der Waals surface area contributed by atoms with E-state index in [1.54, 1.807) is 11.4 Å². The van der Waals surface area contributed by atoms with Crippen molar-refractivity contribution in [2.45, 2.75) is 23.7 Å². The molecule has 0 bridgehead atoms. The highest BCUT2D eigenvalue weighted by molar-refractivity contribution is 9.10. The van der Waals surface area contributed by atoms with Crippen LogP contribution in [0.2, 0.25) is 0 Å². The van der Waals surface area contributed by atoms with Gasteiger partial charge in [-0.2, -0.15) is 4.31 Å². The highest BCUT2D eigenvalue weighted by atomic mass is 79.9.